The molecule has 1 atom stereocenters. The van der Waals surface area contributed by atoms with Crippen LogP contribution in [-0.2, 0) is 9.59 Å². The number of thioether (sulfide) groups is 1. The van der Waals surface area contributed by atoms with E-state index >= 15 is 0 Å². The molecule has 7 heteroatoms. The average molecular weight is 391 g/mol. The highest BCUT2D eigenvalue weighted by atomic mass is 32.2. The van der Waals surface area contributed by atoms with E-state index in [0.717, 1.165) is 48.6 Å². The predicted octanol–water partition coefficient (Wildman–Crippen LogP) is 1.92. The number of amides is 2. The maximum Gasteiger partial charge on any atom is 0.233 e. The van der Waals surface area contributed by atoms with Crippen LogP contribution in [0.15, 0.2) is 31.1 Å². The van der Waals surface area contributed by atoms with Crippen molar-refractivity contribution in [2.75, 3.05) is 37.7 Å². The van der Waals surface area contributed by atoms with E-state index in [4.69, 9.17) is 5.73 Å². The molecule has 1 aliphatic rings. The van der Waals surface area contributed by atoms with Gasteiger partial charge in [-0.1, -0.05) is 12.6 Å². The van der Waals surface area contributed by atoms with Gasteiger partial charge in [-0.25, -0.2) is 0 Å². The topological polar surface area (TPSA) is 88.3 Å². The van der Waals surface area contributed by atoms with Crippen molar-refractivity contribution in [1.29, 1.82) is 0 Å². The molecule has 3 N–H and O–H groups in total. The van der Waals surface area contributed by atoms with Gasteiger partial charge in [-0.15, -0.1) is 0 Å². The third-order valence-corrected chi connectivity index (χ3v) is 5.86. The molecule has 1 aliphatic heterocycles. The van der Waals surface area contributed by atoms with E-state index in [-0.39, 0.29) is 24.3 Å². The molecule has 2 rings (SSSR count). The molecule has 2 heterocycles. The van der Waals surface area contributed by atoms with Gasteiger partial charge in [-0.3, -0.25) is 14.6 Å². The fraction of sp³-hybridized carbons (Fsp3) is 0.550. The number of nitrogens with one attached hydrogen (secondary N) is 1. The van der Waals surface area contributed by atoms with Crippen molar-refractivity contribution in [3.8, 4) is 0 Å². The van der Waals surface area contributed by atoms with E-state index < -0.39 is 0 Å². The third-order valence-electron chi connectivity index (χ3n) is 4.73. The number of aromatic nitrogens is 1. The first kappa shape index (κ1) is 21.4. The Morgan fingerprint density at radius 1 is 1.33 bits per heavy atom. The minimum absolute atomic E-state index is 0.00937. The maximum absolute atomic E-state index is 12.8. The smallest absolute Gasteiger partial charge is 0.233 e. The molecule has 1 aromatic heterocycles. The Morgan fingerprint density at radius 2 is 2.11 bits per heavy atom. The Bertz CT molecular complexity index is 618. The fourth-order valence-electron chi connectivity index (χ4n) is 3.11. The second-order valence-electron chi connectivity index (χ2n) is 6.74. The van der Waals surface area contributed by atoms with Gasteiger partial charge in [-0.05, 0) is 36.5 Å². The van der Waals surface area contributed by atoms with Crippen LogP contribution in [0.2, 0.25) is 0 Å². The lowest BCUT2D eigenvalue weighted by Gasteiger charge is -2.29. The molecule has 0 bridgehead atoms. The first-order chi connectivity index (χ1) is 13.1. The number of rotatable bonds is 10. The number of hydrogen-bond donors (Lipinski definition) is 2. The van der Waals surface area contributed by atoms with Gasteiger partial charge in [-0.2, -0.15) is 11.8 Å². The van der Waals surface area contributed by atoms with Crippen LogP contribution >= 0.6 is 11.8 Å². The monoisotopic (exact) mass is 390 g/mol. The summed E-state index contributed by atoms with van der Waals surface area (Å²) in [6.45, 7) is 6.57. The van der Waals surface area contributed by atoms with Crippen molar-refractivity contribution in [3.63, 3.8) is 0 Å². The van der Waals surface area contributed by atoms with Crippen LogP contribution in [0.25, 0.3) is 5.57 Å². The van der Waals surface area contributed by atoms with Crippen LogP contribution in [0.1, 0.15) is 31.2 Å². The van der Waals surface area contributed by atoms with Gasteiger partial charge in [0.15, 0.2) is 0 Å². The summed E-state index contributed by atoms with van der Waals surface area (Å²) >= 11 is 1.72. The summed E-state index contributed by atoms with van der Waals surface area (Å²) in [7, 11) is 0. The fourth-order valence-corrected chi connectivity index (χ4v) is 4.13. The first-order valence-corrected chi connectivity index (χ1v) is 10.7. The predicted molar refractivity (Wildman–Crippen MR) is 111 cm³/mol. The lowest BCUT2D eigenvalue weighted by atomic mass is 9.93. The zero-order valence-electron chi connectivity index (χ0n) is 15.9. The zero-order valence-corrected chi connectivity index (χ0v) is 16.7. The summed E-state index contributed by atoms with van der Waals surface area (Å²) < 4.78 is 0. The van der Waals surface area contributed by atoms with Crippen LogP contribution < -0.4 is 11.1 Å². The van der Waals surface area contributed by atoms with Crippen LogP contribution in [-0.4, -0.2) is 59.4 Å². The molecule has 27 heavy (non-hydrogen) atoms. The highest BCUT2D eigenvalue weighted by Gasteiger charge is 2.23. The van der Waals surface area contributed by atoms with Crippen molar-refractivity contribution >= 4 is 29.1 Å². The summed E-state index contributed by atoms with van der Waals surface area (Å²) in [4.78, 5) is 30.1. The number of nitrogens with two attached hydrogens (primary N) is 1. The van der Waals surface area contributed by atoms with Crippen LogP contribution in [0.5, 0.6) is 0 Å². The standard InChI is InChI=1S/C20H30N4O2S/c1-16(17-6-5-7-22-14-17)18(15-27-11-8-23-19(25)13-21)12-20(26)24-9-3-2-4-10-24/h5-7,14,18H,1-4,8-13,15,21H2,(H,23,25). The molecule has 148 valence electrons. The SMILES string of the molecule is C=C(c1cccnc1)C(CSCCNC(=O)CN)CC(=O)N1CCCCC1. The van der Waals surface area contributed by atoms with Crippen molar-refractivity contribution < 1.29 is 9.59 Å². The second-order valence-corrected chi connectivity index (χ2v) is 7.89. The first-order valence-electron chi connectivity index (χ1n) is 9.53. The lowest BCUT2D eigenvalue weighted by molar-refractivity contribution is -0.132. The van der Waals surface area contributed by atoms with E-state index in [1.807, 2.05) is 17.0 Å². The molecule has 0 aliphatic carbocycles. The normalized spacial score (nSPS) is 15.2. The van der Waals surface area contributed by atoms with Gasteiger partial charge >= 0.3 is 0 Å². The van der Waals surface area contributed by atoms with E-state index in [0.29, 0.717) is 13.0 Å². The minimum Gasteiger partial charge on any atom is -0.354 e. The Kier molecular flexibility index (Phi) is 9.35. The number of likely N-dealkylation sites (tertiary alicyclic amines) is 1. The number of nitrogens with zero attached hydrogens (tertiary/aromatic N) is 2. The Hall–Kier alpha value is -1.86. The van der Waals surface area contributed by atoms with Gasteiger partial charge in [0.25, 0.3) is 0 Å². The number of allylic oxidation sites excluding steroid dienone is 1. The molecule has 0 radical (unpaired) electrons. The molecule has 0 spiro atoms. The minimum atomic E-state index is -0.146. The molecule has 0 saturated carbocycles. The number of pyridine rings is 1. The van der Waals surface area contributed by atoms with Crippen LogP contribution in [0, 0.1) is 5.92 Å². The largest absolute Gasteiger partial charge is 0.354 e. The van der Waals surface area contributed by atoms with Crippen molar-refractivity contribution in [2.45, 2.75) is 25.7 Å². The molecule has 1 fully saturated rings. The van der Waals surface area contributed by atoms with Crippen molar-refractivity contribution in [2.24, 2.45) is 11.7 Å². The van der Waals surface area contributed by atoms with E-state index in [2.05, 4.69) is 16.9 Å². The summed E-state index contributed by atoms with van der Waals surface area (Å²) in [6.07, 6.45) is 7.40. The molecule has 1 aromatic rings. The van der Waals surface area contributed by atoms with Gasteiger partial charge in [0.1, 0.15) is 0 Å². The number of hydrogen-bond acceptors (Lipinski definition) is 5. The number of carbonyl (C=O) groups is 2. The van der Waals surface area contributed by atoms with E-state index in [1.54, 1.807) is 24.2 Å². The van der Waals surface area contributed by atoms with Crippen molar-refractivity contribution in [1.82, 2.24) is 15.2 Å². The van der Waals surface area contributed by atoms with Gasteiger partial charge < -0.3 is 16.0 Å². The highest BCUT2D eigenvalue weighted by molar-refractivity contribution is 7.99. The average Bonchev–Trinajstić information content (AvgIpc) is 2.73. The third kappa shape index (κ3) is 7.34. The Morgan fingerprint density at radius 3 is 2.78 bits per heavy atom. The second kappa shape index (κ2) is 11.8. The molecular weight excluding hydrogens is 360 g/mol. The van der Waals surface area contributed by atoms with Crippen molar-refractivity contribution in [3.05, 3.63) is 36.7 Å². The molecule has 6 nitrogen and oxygen atoms in total. The van der Waals surface area contributed by atoms with E-state index in [9.17, 15) is 9.59 Å². The number of carbonyl (C=O) groups excluding carboxylic acids is 2. The molecule has 0 aromatic carbocycles. The molecule has 1 unspecified atom stereocenters. The van der Waals surface area contributed by atoms with Gasteiger partial charge in [0.2, 0.25) is 11.8 Å². The summed E-state index contributed by atoms with van der Waals surface area (Å²) in [5.41, 5.74) is 7.21. The Balaban J connectivity index is 1.92. The summed E-state index contributed by atoms with van der Waals surface area (Å²) in [6, 6.07) is 3.87. The van der Waals surface area contributed by atoms with Gasteiger partial charge in [0.05, 0.1) is 6.54 Å². The maximum atomic E-state index is 12.8. The number of piperidine rings is 1. The molecule has 1 saturated heterocycles. The summed E-state index contributed by atoms with van der Waals surface area (Å²) in [5.74, 6) is 1.68. The zero-order chi connectivity index (χ0) is 19.5. The highest BCUT2D eigenvalue weighted by Crippen LogP contribution is 2.28. The Labute approximate surface area is 166 Å². The van der Waals surface area contributed by atoms with Gasteiger partial charge in [0, 0.05) is 55.9 Å². The quantitative estimate of drug-likeness (QED) is 0.596. The van der Waals surface area contributed by atoms with Crippen LogP contribution in [0.3, 0.4) is 0 Å². The van der Waals surface area contributed by atoms with E-state index in [1.165, 1.54) is 6.42 Å². The molecule has 2 amide bonds. The molecular formula is C20H30N4O2S. The lowest BCUT2D eigenvalue weighted by Crippen LogP contribution is -2.37. The summed E-state index contributed by atoms with van der Waals surface area (Å²) in [5, 5.41) is 2.77. The van der Waals surface area contributed by atoms with Crippen LogP contribution in [0.4, 0.5) is 0 Å².